The van der Waals surface area contributed by atoms with Gasteiger partial charge in [0.1, 0.15) is 4.88 Å². The summed E-state index contributed by atoms with van der Waals surface area (Å²) in [5, 5.41) is 2.77. The molecular formula is C17H16N2O4S. The van der Waals surface area contributed by atoms with E-state index < -0.39 is 5.97 Å². The van der Waals surface area contributed by atoms with Crippen LogP contribution in [0.15, 0.2) is 36.4 Å². The van der Waals surface area contributed by atoms with Gasteiger partial charge in [-0.2, -0.15) is 0 Å². The van der Waals surface area contributed by atoms with Gasteiger partial charge in [-0.15, -0.1) is 11.3 Å². The molecule has 7 heteroatoms. The largest absolute Gasteiger partial charge is 0.465 e. The number of esters is 1. The summed E-state index contributed by atoms with van der Waals surface area (Å²) in [7, 11) is 1.30. The van der Waals surface area contributed by atoms with E-state index in [2.05, 4.69) is 10.1 Å². The molecule has 3 rings (SSSR count). The minimum Gasteiger partial charge on any atom is -0.465 e. The molecule has 124 valence electrons. The minimum atomic E-state index is -0.460. The highest BCUT2D eigenvalue weighted by Crippen LogP contribution is 2.24. The summed E-state index contributed by atoms with van der Waals surface area (Å²) >= 11 is 1.08. The van der Waals surface area contributed by atoms with Crippen LogP contribution in [0.2, 0.25) is 0 Å². The van der Waals surface area contributed by atoms with Crippen molar-refractivity contribution in [2.45, 2.75) is 12.8 Å². The fourth-order valence-corrected chi connectivity index (χ4v) is 3.33. The number of amides is 2. The first-order valence-corrected chi connectivity index (χ1v) is 8.30. The Morgan fingerprint density at radius 3 is 2.46 bits per heavy atom. The molecule has 6 nitrogen and oxygen atoms in total. The third kappa shape index (κ3) is 3.30. The van der Waals surface area contributed by atoms with Crippen LogP contribution in [-0.2, 0) is 9.53 Å². The van der Waals surface area contributed by atoms with E-state index in [0.717, 1.165) is 30.0 Å². The number of carbonyl (C=O) groups is 3. The van der Waals surface area contributed by atoms with Crippen molar-refractivity contribution in [1.29, 1.82) is 0 Å². The molecule has 1 N–H and O–H groups in total. The average molecular weight is 344 g/mol. The zero-order chi connectivity index (χ0) is 17.1. The lowest BCUT2D eigenvalue weighted by Gasteiger charge is -2.16. The smallest absolute Gasteiger partial charge is 0.348 e. The molecule has 1 aliphatic heterocycles. The summed E-state index contributed by atoms with van der Waals surface area (Å²) in [5.41, 5.74) is 1.46. The maximum absolute atomic E-state index is 12.2. The Morgan fingerprint density at radius 1 is 1.12 bits per heavy atom. The number of rotatable bonds is 4. The highest BCUT2D eigenvalue weighted by atomic mass is 32.1. The van der Waals surface area contributed by atoms with Crippen molar-refractivity contribution in [3.63, 3.8) is 0 Å². The SMILES string of the molecule is COC(=O)c1ccc(C(=O)Nc2ccc(N3CCCC3=O)cc2)s1. The maximum Gasteiger partial charge on any atom is 0.348 e. The van der Waals surface area contributed by atoms with E-state index in [4.69, 9.17) is 0 Å². The predicted octanol–water partition coefficient (Wildman–Crippen LogP) is 2.91. The maximum atomic E-state index is 12.2. The summed E-state index contributed by atoms with van der Waals surface area (Å²) in [6.45, 7) is 0.732. The van der Waals surface area contributed by atoms with Crippen LogP contribution in [0.25, 0.3) is 0 Å². The summed E-state index contributed by atoms with van der Waals surface area (Å²) in [4.78, 5) is 37.9. The second-order valence-electron chi connectivity index (χ2n) is 5.31. The molecule has 0 radical (unpaired) electrons. The molecule has 24 heavy (non-hydrogen) atoms. The molecule has 1 saturated heterocycles. The topological polar surface area (TPSA) is 75.7 Å². The number of hydrogen-bond acceptors (Lipinski definition) is 5. The van der Waals surface area contributed by atoms with Gasteiger partial charge in [-0.3, -0.25) is 9.59 Å². The van der Waals surface area contributed by atoms with E-state index in [-0.39, 0.29) is 11.8 Å². The van der Waals surface area contributed by atoms with Crippen LogP contribution in [0.3, 0.4) is 0 Å². The quantitative estimate of drug-likeness (QED) is 0.865. The van der Waals surface area contributed by atoms with Gasteiger partial charge in [-0.1, -0.05) is 0 Å². The molecule has 0 atom stereocenters. The number of benzene rings is 1. The van der Waals surface area contributed by atoms with Crippen LogP contribution in [0.1, 0.15) is 32.2 Å². The lowest BCUT2D eigenvalue weighted by molar-refractivity contribution is -0.117. The Bertz CT molecular complexity index is 782. The van der Waals surface area contributed by atoms with Crippen molar-refractivity contribution >= 4 is 40.5 Å². The van der Waals surface area contributed by atoms with Crippen molar-refractivity contribution in [3.05, 3.63) is 46.2 Å². The van der Waals surface area contributed by atoms with Crippen LogP contribution in [-0.4, -0.2) is 31.4 Å². The normalized spacial score (nSPS) is 13.9. The number of anilines is 2. The molecule has 2 heterocycles. The molecule has 1 aliphatic rings. The third-order valence-electron chi connectivity index (χ3n) is 3.73. The zero-order valence-corrected chi connectivity index (χ0v) is 13.9. The molecule has 1 aromatic heterocycles. The van der Waals surface area contributed by atoms with Gasteiger partial charge in [-0.25, -0.2) is 4.79 Å². The summed E-state index contributed by atoms with van der Waals surface area (Å²) in [5.74, 6) is -0.625. The Hall–Kier alpha value is -2.67. The third-order valence-corrected chi connectivity index (χ3v) is 4.79. The fourth-order valence-electron chi connectivity index (χ4n) is 2.51. The number of thiophene rings is 1. The van der Waals surface area contributed by atoms with Crippen LogP contribution in [0, 0.1) is 0 Å². The fraction of sp³-hybridized carbons (Fsp3) is 0.235. The first-order chi connectivity index (χ1) is 11.6. The van der Waals surface area contributed by atoms with Gasteiger partial charge >= 0.3 is 5.97 Å². The molecule has 1 aromatic carbocycles. The van der Waals surface area contributed by atoms with Gasteiger partial charge in [0.05, 0.1) is 12.0 Å². The van der Waals surface area contributed by atoms with Crippen LogP contribution in [0.4, 0.5) is 11.4 Å². The zero-order valence-electron chi connectivity index (χ0n) is 13.1. The summed E-state index contributed by atoms with van der Waals surface area (Å²) < 4.78 is 4.63. The summed E-state index contributed by atoms with van der Waals surface area (Å²) in [6.07, 6.45) is 1.46. The van der Waals surface area contributed by atoms with Crippen molar-refractivity contribution in [3.8, 4) is 0 Å². The second kappa shape index (κ2) is 6.84. The first kappa shape index (κ1) is 16.2. The van der Waals surface area contributed by atoms with Gasteiger partial charge in [0.25, 0.3) is 5.91 Å². The summed E-state index contributed by atoms with van der Waals surface area (Å²) in [6, 6.07) is 10.3. The second-order valence-corrected chi connectivity index (χ2v) is 6.39. The van der Waals surface area contributed by atoms with Crippen molar-refractivity contribution in [2.75, 3.05) is 23.9 Å². The number of methoxy groups -OCH3 is 1. The lowest BCUT2D eigenvalue weighted by Crippen LogP contribution is -2.23. The molecule has 2 amide bonds. The Balaban J connectivity index is 1.67. The van der Waals surface area contributed by atoms with Crippen LogP contribution in [0.5, 0.6) is 0 Å². The minimum absolute atomic E-state index is 0.126. The van der Waals surface area contributed by atoms with E-state index in [1.807, 2.05) is 12.1 Å². The van der Waals surface area contributed by atoms with E-state index in [1.54, 1.807) is 29.2 Å². The van der Waals surface area contributed by atoms with Crippen molar-refractivity contribution in [2.24, 2.45) is 0 Å². The molecule has 0 spiro atoms. The number of hydrogen-bond donors (Lipinski definition) is 1. The standard InChI is InChI=1S/C17H16N2O4S/c1-23-17(22)14-9-8-13(24-14)16(21)18-11-4-6-12(7-5-11)19-10-2-3-15(19)20/h4-9H,2-3,10H2,1H3,(H,18,21). The van der Waals surface area contributed by atoms with Gasteiger partial charge in [0, 0.05) is 24.3 Å². The molecule has 0 aliphatic carbocycles. The van der Waals surface area contributed by atoms with Gasteiger partial charge in [0.15, 0.2) is 0 Å². The van der Waals surface area contributed by atoms with E-state index >= 15 is 0 Å². The number of carbonyl (C=O) groups excluding carboxylic acids is 3. The first-order valence-electron chi connectivity index (χ1n) is 7.48. The Labute approximate surface area is 143 Å². The molecule has 0 unspecified atom stereocenters. The van der Waals surface area contributed by atoms with E-state index in [9.17, 15) is 14.4 Å². The molecule has 1 fully saturated rings. The van der Waals surface area contributed by atoms with Crippen molar-refractivity contribution < 1.29 is 19.1 Å². The van der Waals surface area contributed by atoms with Crippen molar-refractivity contribution in [1.82, 2.24) is 0 Å². The van der Waals surface area contributed by atoms with Gasteiger partial charge < -0.3 is 15.0 Å². The van der Waals surface area contributed by atoms with Gasteiger partial charge in [-0.05, 0) is 42.8 Å². The monoisotopic (exact) mass is 344 g/mol. The number of ether oxygens (including phenoxy) is 1. The molecular weight excluding hydrogens is 328 g/mol. The average Bonchev–Trinajstić information content (AvgIpc) is 3.24. The Morgan fingerprint density at radius 2 is 1.83 bits per heavy atom. The highest BCUT2D eigenvalue weighted by Gasteiger charge is 2.21. The Kier molecular flexibility index (Phi) is 4.61. The molecule has 0 saturated carbocycles. The number of nitrogens with zero attached hydrogens (tertiary/aromatic N) is 1. The number of nitrogens with one attached hydrogen (secondary N) is 1. The predicted molar refractivity (Wildman–Crippen MR) is 91.6 cm³/mol. The molecule has 2 aromatic rings. The van der Waals surface area contributed by atoms with Crippen LogP contribution < -0.4 is 10.2 Å². The van der Waals surface area contributed by atoms with Crippen LogP contribution >= 0.6 is 11.3 Å². The highest BCUT2D eigenvalue weighted by molar-refractivity contribution is 7.16. The van der Waals surface area contributed by atoms with Gasteiger partial charge in [0.2, 0.25) is 5.91 Å². The molecule has 0 bridgehead atoms. The van der Waals surface area contributed by atoms with E-state index in [1.165, 1.54) is 7.11 Å². The lowest BCUT2D eigenvalue weighted by atomic mass is 10.2. The van der Waals surface area contributed by atoms with E-state index in [0.29, 0.717) is 21.9 Å².